The molecule has 0 spiro atoms. The molecule has 1 aliphatic rings. The van der Waals surface area contributed by atoms with Crippen LogP contribution in [0.3, 0.4) is 0 Å². The van der Waals surface area contributed by atoms with E-state index in [0.29, 0.717) is 30.9 Å². The minimum absolute atomic E-state index is 0.104. The Hall–Kier alpha value is -2.64. The number of halogens is 3. The number of aromatic carboxylic acids is 1. The molecule has 0 unspecified atom stereocenters. The van der Waals surface area contributed by atoms with E-state index in [4.69, 9.17) is 5.11 Å². The molecule has 8 heteroatoms. The lowest BCUT2D eigenvalue weighted by molar-refractivity contribution is -0.127. The summed E-state index contributed by atoms with van der Waals surface area (Å²) in [5, 5.41) is 9.01. The molecule has 0 saturated carbocycles. The van der Waals surface area contributed by atoms with E-state index in [9.17, 15) is 18.0 Å². The van der Waals surface area contributed by atoms with Gasteiger partial charge >= 0.3 is 12.1 Å². The fourth-order valence-corrected chi connectivity index (χ4v) is 3.00. The zero-order chi connectivity index (χ0) is 18.2. The second kappa shape index (κ2) is 6.34. The fraction of sp³-hybridized carbons (Fsp3) is 0.353. The Labute approximate surface area is 142 Å². The van der Waals surface area contributed by atoms with Gasteiger partial charge in [0.1, 0.15) is 5.82 Å². The van der Waals surface area contributed by atoms with Crippen molar-refractivity contribution < 1.29 is 23.1 Å². The van der Waals surface area contributed by atoms with Crippen LogP contribution in [0.1, 0.15) is 32.7 Å². The third-order valence-electron chi connectivity index (χ3n) is 4.10. The zero-order valence-electron chi connectivity index (χ0n) is 13.5. The molecule has 132 valence electrons. The van der Waals surface area contributed by atoms with E-state index in [0.717, 1.165) is 11.3 Å². The lowest BCUT2D eigenvalue weighted by Gasteiger charge is -2.30. The Morgan fingerprint density at radius 2 is 2.04 bits per heavy atom. The van der Waals surface area contributed by atoms with Gasteiger partial charge in [-0.3, -0.25) is 4.98 Å². The predicted octanol–water partition coefficient (Wildman–Crippen LogP) is 3.15. The highest BCUT2D eigenvalue weighted by Gasteiger charge is 2.29. The second-order valence-corrected chi connectivity index (χ2v) is 6.08. The van der Waals surface area contributed by atoms with Gasteiger partial charge < -0.3 is 10.0 Å². The van der Waals surface area contributed by atoms with Crippen LogP contribution in [-0.2, 0) is 19.4 Å². The lowest BCUT2D eigenvalue weighted by atomic mass is 10.0. The number of aromatic nitrogens is 2. The Morgan fingerprint density at radius 3 is 2.68 bits per heavy atom. The SMILES string of the molecule is Cc1cc(C(=O)O)cnc1N1CCc2ncc(CC(F)(F)F)cc2C1. The molecule has 1 N–H and O–H groups in total. The number of anilines is 1. The third kappa shape index (κ3) is 3.89. The van der Waals surface area contributed by atoms with Gasteiger partial charge in [-0.05, 0) is 29.7 Å². The van der Waals surface area contributed by atoms with E-state index in [1.807, 2.05) is 4.90 Å². The Morgan fingerprint density at radius 1 is 1.28 bits per heavy atom. The van der Waals surface area contributed by atoms with Gasteiger partial charge in [-0.15, -0.1) is 0 Å². The van der Waals surface area contributed by atoms with E-state index >= 15 is 0 Å². The van der Waals surface area contributed by atoms with Gasteiger partial charge in [0.15, 0.2) is 0 Å². The van der Waals surface area contributed by atoms with Gasteiger partial charge in [0.2, 0.25) is 0 Å². The third-order valence-corrected chi connectivity index (χ3v) is 4.10. The molecule has 0 bridgehead atoms. The van der Waals surface area contributed by atoms with Crippen LogP contribution >= 0.6 is 0 Å². The first kappa shape index (κ1) is 17.2. The fourth-order valence-electron chi connectivity index (χ4n) is 3.00. The maximum atomic E-state index is 12.6. The normalized spacial score (nSPS) is 14.3. The highest BCUT2D eigenvalue weighted by atomic mass is 19.4. The summed E-state index contributed by atoms with van der Waals surface area (Å²) < 4.78 is 37.7. The number of carbonyl (C=O) groups is 1. The number of nitrogens with zero attached hydrogens (tertiary/aromatic N) is 3. The van der Waals surface area contributed by atoms with E-state index in [1.165, 1.54) is 12.4 Å². The van der Waals surface area contributed by atoms with Crippen LogP contribution in [0.15, 0.2) is 24.5 Å². The molecule has 0 amide bonds. The van der Waals surface area contributed by atoms with Gasteiger partial charge in [-0.2, -0.15) is 13.2 Å². The molecule has 25 heavy (non-hydrogen) atoms. The minimum Gasteiger partial charge on any atom is -0.478 e. The molecule has 2 aromatic rings. The van der Waals surface area contributed by atoms with Gasteiger partial charge in [0, 0.05) is 37.6 Å². The summed E-state index contributed by atoms with van der Waals surface area (Å²) in [6, 6.07) is 3.08. The molecule has 3 rings (SSSR count). The molecule has 0 atom stereocenters. The molecule has 1 aliphatic heterocycles. The van der Waals surface area contributed by atoms with E-state index in [1.54, 1.807) is 19.1 Å². The van der Waals surface area contributed by atoms with Crippen molar-refractivity contribution in [2.24, 2.45) is 0 Å². The summed E-state index contributed by atoms with van der Waals surface area (Å²) >= 11 is 0. The van der Waals surface area contributed by atoms with Crippen LogP contribution in [0, 0.1) is 6.92 Å². The van der Waals surface area contributed by atoms with Crippen molar-refractivity contribution in [1.29, 1.82) is 0 Å². The van der Waals surface area contributed by atoms with E-state index in [-0.39, 0.29) is 11.1 Å². The van der Waals surface area contributed by atoms with Crippen molar-refractivity contribution in [2.45, 2.75) is 32.5 Å². The average molecular weight is 351 g/mol. The molecule has 0 fully saturated rings. The highest BCUT2D eigenvalue weighted by molar-refractivity contribution is 5.87. The Kier molecular flexibility index (Phi) is 4.36. The molecular formula is C17H16F3N3O2. The molecule has 0 aliphatic carbocycles. The Bertz CT molecular complexity index is 821. The summed E-state index contributed by atoms with van der Waals surface area (Å²) in [6.45, 7) is 2.79. The summed E-state index contributed by atoms with van der Waals surface area (Å²) in [5.74, 6) is -0.413. The second-order valence-electron chi connectivity index (χ2n) is 6.08. The van der Waals surface area contributed by atoms with Crippen molar-refractivity contribution in [1.82, 2.24) is 9.97 Å². The number of fused-ring (bicyclic) bond motifs is 1. The van der Waals surface area contributed by atoms with Crippen LogP contribution in [-0.4, -0.2) is 33.8 Å². The van der Waals surface area contributed by atoms with Crippen molar-refractivity contribution in [3.63, 3.8) is 0 Å². The number of carboxylic acid groups (broad SMARTS) is 1. The van der Waals surface area contributed by atoms with Crippen molar-refractivity contribution in [2.75, 3.05) is 11.4 Å². The van der Waals surface area contributed by atoms with E-state index in [2.05, 4.69) is 9.97 Å². The number of hydrogen-bond donors (Lipinski definition) is 1. The molecule has 0 aromatic carbocycles. The summed E-state index contributed by atoms with van der Waals surface area (Å²) in [4.78, 5) is 21.3. The summed E-state index contributed by atoms with van der Waals surface area (Å²) in [5.41, 5.74) is 2.49. The van der Waals surface area contributed by atoms with Crippen molar-refractivity contribution >= 4 is 11.8 Å². The first-order chi connectivity index (χ1) is 11.7. The predicted molar refractivity (Wildman–Crippen MR) is 84.7 cm³/mol. The van der Waals surface area contributed by atoms with Gasteiger partial charge in [0.25, 0.3) is 0 Å². The maximum Gasteiger partial charge on any atom is 0.393 e. The van der Waals surface area contributed by atoms with Crippen LogP contribution in [0.4, 0.5) is 19.0 Å². The van der Waals surface area contributed by atoms with Crippen LogP contribution < -0.4 is 4.90 Å². The van der Waals surface area contributed by atoms with Gasteiger partial charge in [-0.1, -0.05) is 6.07 Å². The Balaban J connectivity index is 1.85. The van der Waals surface area contributed by atoms with Crippen LogP contribution in [0.25, 0.3) is 0 Å². The average Bonchev–Trinajstić information content (AvgIpc) is 2.52. The number of carboxylic acids is 1. The smallest absolute Gasteiger partial charge is 0.393 e. The van der Waals surface area contributed by atoms with Crippen molar-refractivity contribution in [3.05, 3.63) is 52.5 Å². The highest BCUT2D eigenvalue weighted by Crippen LogP contribution is 2.27. The molecule has 5 nitrogen and oxygen atoms in total. The van der Waals surface area contributed by atoms with Gasteiger partial charge in [0.05, 0.1) is 12.0 Å². The largest absolute Gasteiger partial charge is 0.478 e. The molecule has 2 aromatic heterocycles. The standard InChI is InChI=1S/C17H16F3N3O2/c1-10-4-12(16(24)25)8-22-15(10)23-3-2-14-13(9-23)5-11(7-21-14)6-17(18,19)20/h4-5,7-8H,2-3,6,9H2,1H3,(H,24,25). The molecule has 0 radical (unpaired) electrons. The van der Waals surface area contributed by atoms with Crippen LogP contribution in [0.5, 0.6) is 0 Å². The number of hydrogen-bond acceptors (Lipinski definition) is 4. The summed E-state index contributed by atoms with van der Waals surface area (Å²) in [6.07, 6.45) is -2.10. The first-order valence-corrected chi connectivity index (χ1v) is 7.71. The quantitative estimate of drug-likeness (QED) is 0.920. The number of aryl methyl sites for hydroxylation is 1. The maximum absolute atomic E-state index is 12.6. The number of alkyl halides is 3. The monoisotopic (exact) mass is 351 g/mol. The number of rotatable bonds is 3. The first-order valence-electron chi connectivity index (χ1n) is 7.71. The van der Waals surface area contributed by atoms with Gasteiger partial charge in [-0.25, -0.2) is 9.78 Å². The molecular weight excluding hydrogens is 335 g/mol. The van der Waals surface area contributed by atoms with E-state index < -0.39 is 18.6 Å². The van der Waals surface area contributed by atoms with Crippen molar-refractivity contribution in [3.8, 4) is 0 Å². The number of pyridine rings is 2. The topological polar surface area (TPSA) is 66.3 Å². The zero-order valence-corrected chi connectivity index (χ0v) is 13.5. The minimum atomic E-state index is -4.27. The summed E-state index contributed by atoms with van der Waals surface area (Å²) in [7, 11) is 0. The molecule has 3 heterocycles. The lowest BCUT2D eigenvalue weighted by Crippen LogP contribution is -2.32. The molecule has 0 saturated heterocycles. The van der Waals surface area contributed by atoms with Crippen LogP contribution in [0.2, 0.25) is 0 Å².